The number of aromatic hydroxyl groups is 1. The number of benzene rings is 1. The Balaban J connectivity index is 3.19. The van der Waals surface area contributed by atoms with Crippen molar-refractivity contribution in [1.29, 1.82) is 0 Å². The van der Waals surface area contributed by atoms with Gasteiger partial charge in [0.2, 0.25) is 0 Å². The van der Waals surface area contributed by atoms with E-state index >= 15 is 0 Å². The lowest BCUT2D eigenvalue weighted by atomic mass is 10.1. The van der Waals surface area contributed by atoms with Gasteiger partial charge in [-0.15, -0.1) is 0 Å². The van der Waals surface area contributed by atoms with E-state index in [0.29, 0.717) is 5.02 Å². The average Bonchev–Trinajstić information content (AvgIpc) is 2.13. The largest absolute Gasteiger partial charge is 0.507 e. The molecular weight excluding hydrogens is 186 g/mol. The van der Waals surface area contributed by atoms with E-state index in [1.165, 1.54) is 0 Å². The number of hydrogen-bond donors (Lipinski definition) is 1. The molecule has 1 N–H and O–H groups in total. The molecule has 0 saturated heterocycles. The maximum Gasteiger partial charge on any atom is 0.124 e. The summed E-state index contributed by atoms with van der Waals surface area (Å²) in [5, 5.41) is 10.1. The molecule has 0 aliphatic carbocycles. The highest BCUT2D eigenvalue weighted by Crippen LogP contribution is 2.22. The normalized spacial score (nSPS) is 11.8. The third-order valence-corrected chi connectivity index (χ3v) is 2.11. The van der Waals surface area contributed by atoms with Crippen LogP contribution in [-0.4, -0.2) is 17.9 Å². The van der Waals surface area contributed by atoms with Gasteiger partial charge in [0.25, 0.3) is 0 Å². The van der Waals surface area contributed by atoms with E-state index in [2.05, 4.69) is 4.99 Å². The molecule has 0 bridgehead atoms. The van der Waals surface area contributed by atoms with Gasteiger partial charge in [-0.1, -0.05) is 18.5 Å². The molecule has 2 nitrogen and oxygen atoms in total. The lowest BCUT2D eigenvalue weighted by Crippen LogP contribution is -1.98. The summed E-state index contributed by atoms with van der Waals surface area (Å²) in [5.74, 6) is 0.229. The first kappa shape index (κ1) is 10.1. The molecule has 0 aromatic heterocycles. The molecule has 0 aliphatic heterocycles. The smallest absolute Gasteiger partial charge is 0.124 e. The predicted octanol–water partition coefficient (Wildman–Crippen LogP) is 2.87. The maximum absolute atomic E-state index is 9.53. The second-order valence-corrected chi connectivity index (χ2v) is 3.12. The molecule has 0 saturated carbocycles. The summed E-state index contributed by atoms with van der Waals surface area (Å²) < 4.78 is 0. The van der Waals surface area contributed by atoms with Crippen molar-refractivity contribution in [2.24, 2.45) is 4.99 Å². The van der Waals surface area contributed by atoms with Gasteiger partial charge in [-0.25, -0.2) is 0 Å². The summed E-state index contributed by atoms with van der Waals surface area (Å²) in [4.78, 5) is 4.08. The lowest BCUT2D eigenvalue weighted by Gasteiger charge is -2.05. The van der Waals surface area contributed by atoms with Gasteiger partial charge < -0.3 is 5.11 Å². The molecule has 0 fully saturated rings. The third kappa shape index (κ3) is 2.22. The number of halogens is 1. The van der Waals surface area contributed by atoms with Crippen LogP contribution in [0.4, 0.5) is 0 Å². The third-order valence-electron chi connectivity index (χ3n) is 1.87. The molecular formula is C10H12ClNO. The van der Waals surface area contributed by atoms with E-state index in [9.17, 15) is 5.11 Å². The first-order valence-corrected chi connectivity index (χ1v) is 4.51. The number of phenols is 1. The number of rotatable bonds is 2. The Morgan fingerprint density at radius 2 is 2.23 bits per heavy atom. The molecule has 0 atom stereocenters. The van der Waals surface area contributed by atoms with Gasteiger partial charge in [0.15, 0.2) is 0 Å². The molecule has 13 heavy (non-hydrogen) atoms. The van der Waals surface area contributed by atoms with Crippen LogP contribution in [-0.2, 0) is 0 Å². The monoisotopic (exact) mass is 197 g/mol. The van der Waals surface area contributed by atoms with Crippen molar-refractivity contribution in [3.8, 4) is 5.75 Å². The average molecular weight is 198 g/mol. The molecule has 1 aromatic rings. The van der Waals surface area contributed by atoms with Crippen LogP contribution in [0.1, 0.15) is 18.9 Å². The summed E-state index contributed by atoms with van der Waals surface area (Å²) >= 11 is 5.81. The van der Waals surface area contributed by atoms with E-state index in [0.717, 1.165) is 17.7 Å². The van der Waals surface area contributed by atoms with Crippen LogP contribution in [0.15, 0.2) is 23.2 Å². The van der Waals surface area contributed by atoms with Gasteiger partial charge in [0, 0.05) is 23.3 Å². The number of nitrogens with zero attached hydrogens (tertiary/aromatic N) is 1. The highest BCUT2D eigenvalue weighted by Gasteiger charge is 2.06. The highest BCUT2D eigenvalue weighted by atomic mass is 35.5. The minimum absolute atomic E-state index is 0.229. The molecule has 1 rings (SSSR count). The molecule has 0 unspecified atom stereocenters. The van der Waals surface area contributed by atoms with E-state index in [1.807, 2.05) is 6.92 Å². The Hall–Kier alpha value is -1.02. The van der Waals surface area contributed by atoms with E-state index in [4.69, 9.17) is 11.6 Å². The van der Waals surface area contributed by atoms with Crippen LogP contribution < -0.4 is 0 Å². The van der Waals surface area contributed by atoms with Crippen molar-refractivity contribution < 1.29 is 5.11 Å². The van der Waals surface area contributed by atoms with Crippen molar-refractivity contribution in [2.75, 3.05) is 7.05 Å². The first-order chi connectivity index (χ1) is 6.19. The Bertz CT molecular complexity index is 334. The van der Waals surface area contributed by atoms with E-state index < -0.39 is 0 Å². The molecule has 0 radical (unpaired) electrons. The summed E-state index contributed by atoms with van der Waals surface area (Å²) in [6.07, 6.45) is 0.782. The Kier molecular flexibility index (Phi) is 3.32. The Morgan fingerprint density at radius 3 is 2.77 bits per heavy atom. The summed E-state index contributed by atoms with van der Waals surface area (Å²) in [5.41, 5.74) is 1.58. The molecule has 0 amide bonds. The lowest BCUT2D eigenvalue weighted by molar-refractivity contribution is 0.474. The molecule has 0 spiro atoms. The molecule has 0 aliphatic rings. The quantitative estimate of drug-likeness (QED) is 0.727. The Labute approximate surface area is 82.9 Å². The zero-order chi connectivity index (χ0) is 9.84. The van der Waals surface area contributed by atoms with E-state index in [1.54, 1.807) is 25.2 Å². The molecule has 3 heteroatoms. The fourth-order valence-electron chi connectivity index (χ4n) is 1.21. The number of phenolic OH excluding ortho intramolecular Hbond substituents is 1. The standard InChI is InChI=1S/C10H12ClNO/c1-3-9(12-2)8-6-7(11)4-5-10(8)13/h4-6,13H,3H2,1-2H3. The van der Waals surface area contributed by atoms with Crippen LogP contribution in [0.5, 0.6) is 5.75 Å². The predicted molar refractivity (Wildman–Crippen MR) is 55.9 cm³/mol. The fourth-order valence-corrected chi connectivity index (χ4v) is 1.38. The van der Waals surface area contributed by atoms with Gasteiger partial charge in [0.05, 0.1) is 0 Å². The SMILES string of the molecule is CCC(=NC)c1cc(Cl)ccc1O. The zero-order valence-electron chi connectivity index (χ0n) is 7.71. The first-order valence-electron chi connectivity index (χ1n) is 4.13. The minimum atomic E-state index is 0.229. The zero-order valence-corrected chi connectivity index (χ0v) is 8.47. The molecule has 1 aromatic carbocycles. The van der Waals surface area contributed by atoms with E-state index in [-0.39, 0.29) is 5.75 Å². The van der Waals surface area contributed by atoms with Crippen LogP contribution in [0.25, 0.3) is 0 Å². The van der Waals surface area contributed by atoms with Gasteiger partial charge in [-0.3, -0.25) is 4.99 Å². The topological polar surface area (TPSA) is 32.6 Å². The van der Waals surface area contributed by atoms with Crippen molar-refractivity contribution >= 4 is 17.3 Å². The Morgan fingerprint density at radius 1 is 1.54 bits per heavy atom. The summed E-state index contributed by atoms with van der Waals surface area (Å²) in [7, 11) is 1.71. The number of aliphatic imine (C=N–C) groups is 1. The van der Waals surface area contributed by atoms with Crippen molar-refractivity contribution in [3.05, 3.63) is 28.8 Å². The number of hydrogen-bond acceptors (Lipinski definition) is 2. The van der Waals surface area contributed by atoms with Crippen LogP contribution in [0.3, 0.4) is 0 Å². The van der Waals surface area contributed by atoms with Crippen molar-refractivity contribution in [1.82, 2.24) is 0 Å². The van der Waals surface area contributed by atoms with Crippen LogP contribution in [0.2, 0.25) is 5.02 Å². The van der Waals surface area contributed by atoms with Crippen LogP contribution >= 0.6 is 11.6 Å². The van der Waals surface area contributed by atoms with Gasteiger partial charge >= 0.3 is 0 Å². The fraction of sp³-hybridized carbons (Fsp3) is 0.300. The van der Waals surface area contributed by atoms with Gasteiger partial charge in [-0.2, -0.15) is 0 Å². The summed E-state index contributed by atoms with van der Waals surface area (Å²) in [6.45, 7) is 1.99. The van der Waals surface area contributed by atoms with Gasteiger partial charge in [0.1, 0.15) is 5.75 Å². The highest BCUT2D eigenvalue weighted by molar-refractivity contribution is 6.31. The van der Waals surface area contributed by atoms with Crippen LogP contribution in [0, 0.1) is 0 Å². The second kappa shape index (κ2) is 4.28. The maximum atomic E-state index is 9.53. The van der Waals surface area contributed by atoms with Crippen molar-refractivity contribution in [3.63, 3.8) is 0 Å². The second-order valence-electron chi connectivity index (χ2n) is 2.69. The minimum Gasteiger partial charge on any atom is -0.507 e. The molecule has 0 heterocycles. The summed E-state index contributed by atoms with van der Waals surface area (Å²) in [6, 6.07) is 4.96. The van der Waals surface area contributed by atoms with Gasteiger partial charge in [-0.05, 0) is 24.6 Å². The molecule has 70 valence electrons. The van der Waals surface area contributed by atoms with Crippen molar-refractivity contribution in [2.45, 2.75) is 13.3 Å².